The number of aliphatic carboxylic acids is 1. The summed E-state index contributed by atoms with van der Waals surface area (Å²) in [5.41, 5.74) is 12.7. The minimum absolute atomic E-state index is 0.0470. The van der Waals surface area contributed by atoms with Gasteiger partial charge in [-0.2, -0.15) is 4.37 Å². The molecule has 0 unspecified atom stereocenters. The van der Waals surface area contributed by atoms with Crippen LogP contribution >= 0.6 is 11.5 Å². The fourth-order valence-electron chi connectivity index (χ4n) is 2.03. The summed E-state index contributed by atoms with van der Waals surface area (Å²) in [6.07, 6.45) is 0.249. The minimum atomic E-state index is -0.936. The summed E-state index contributed by atoms with van der Waals surface area (Å²) in [5.74, 6) is -1.66. The number of hydrogen-bond acceptors (Lipinski definition) is 6. The number of nitrogens with zero attached hydrogens (tertiary/aromatic N) is 1. The number of nitrogen functional groups attached to an aromatic ring is 1. The van der Waals surface area contributed by atoms with Crippen LogP contribution in [0.5, 0.6) is 0 Å². The number of urea groups is 1. The van der Waals surface area contributed by atoms with Gasteiger partial charge in [0.2, 0.25) is 0 Å². The lowest BCUT2D eigenvalue weighted by molar-refractivity contribution is -0.137. The third kappa shape index (κ3) is 4.91. The SMILES string of the molecule is NC(=O)c1c(-c2ccc(N)cc2)nsc1NC(=O)NCCCC(=O)O. The minimum Gasteiger partial charge on any atom is -0.481 e. The predicted molar refractivity (Wildman–Crippen MR) is 94.4 cm³/mol. The van der Waals surface area contributed by atoms with E-state index in [-0.39, 0.29) is 23.5 Å². The zero-order valence-corrected chi connectivity index (χ0v) is 13.9. The molecule has 7 N–H and O–H groups in total. The van der Waals surface area contributed by atoms with Crippen LogP contribution in [-0.4, -0.2) is 33.9 Å². The number of aromatic nitrogens is 1. The van der Waals surface area contributed by atoms with E-state index in [0.717, 1.165) is 11.5 Å². The Labute approximate surface area is 147 Å². The molecular weight excluding hydrogens is 346 g/mol. The van der Waals surface area contributed by atoms with Crippen LogP contribution in [0, 0.1) is 0 Å². The molecule has 0 aliphatic rings. The van der Waals surface area contributed by atoms with Gasteiger partial charge in [0.15, 0.2) is 0 Å². The van der Waals surface area contributed by atoms with E-state index >= 15 is 0 Å². The number of rotatable bonds is 7. The molecule has 0 fully saturated rings. The lowest BCUT2D eigenvalue weighted by atomic mass is 10.1. The summed E-state index contributed by atoms with van der Waals surface area (Å²) in [7, 11) is 0. The summed E-state index contributed by atoms with van der Waals surface area (Å²) < 4.78 is 4.19. The number of carboxylic acids is 1. The monoisotopic (exact) mass is 363 g/mol. The van der Waals surface area contributed by atoms with Gasteiger partial charge >= 0.3 is 12.0 Å². The van der Waals surface area contributed by atoms with Crippen molar-refractivity contribution in [2.45, 2.75) is 12.8 Å². The lowest BCUT2D eigenvalue weighted by Gasteiger charge is -2.07. The van der Waals surface area contributed by atoms with E-state index in [1.165, 1.54) is 0 Å². The maximum absolute atomic E-state index is 11.9. The van der Waals surface area contributed by atoms with Gasteiger partial charge in [0.1, 0.15) is 10.6 Å². The zero-order valence-electron chi connectivity index (χ0n) is 13.1. The molecule has 0 atom stereocenters. The number of primary amides is 1. The number of hydrogen-bond donors (Lipinski definition) is 5. The number of anilines is 2. The number of benzene rings is 1. The van der Waals surface area contributed by atoms with Crippen molar-refractivity contribution in [3.63, 3.8) is 0 Å². The highest BCUT2D eigenvalue weighted by Gasteiger charge is 2.21. The fourth-order valence-corrected chi connectivity index (χ4v) is 2.84. The van der Waals surface area contributed by atoms with Crippen molar-refractivity contribution < 1.29 is 19.5 Å². The average molecular weight is 363 g/mol. The molecule has 1 aromatic carbocycles. The largest absolute Gasteiger partial charge is 0.481 e. The molecular formula is C15H17N5O4S. The predicted octanol–water partition coefficient (Wildman–Crippen LogP) is 1.48. The second-order valence-electron chi connectivity index (χ2n) is 5.10. The normalized spacial score (nSPS) is 10.2. The van der Waals surface area contributed by atoms with Crippen LogP contribution in [0.1, 0.15) is 23.2 Å². The van der Waals surface area contributed by atoms with Gasteiger partial charge in [-0.05, 0) is 30.1 Å². The second kappa shape index (κ2) is 8.11. The van der Waals surface area contributed by atoms with Crippen molar-refractivity contribution in [2.24, 2.45) is 5.73 Å². The Morgan fingerprint density at radius 3 is 2.48 bits per heavy atom. The van der Waals surface area contributed by atoms with Crippen molar-refractivity contribution >= 4 is 40.1 Å². The molecule has 1 heterocycles. The number of amides is 3. The van der Waals surface area contributed by atoms with Gasteiger partial charge < -0.3 is 21.9 Å². The molecule has 0 radical (unpaired) electrons. The molecule has 0 spiro atoms. The van der Waals surface area contributed by atoms with E-state index in [1.54, 1.807) is 24.3 Å². The number of carboxylic acid groups (broad SMARTS) is 1. The second-order valence-corrected chi connectivity index (χ2v) is 5.87. The Bertz CT molecular complexity index is 788. The van der Waals surface area contributed by atoms with Crippen molar-refractivity contribution in [3.8, 4) is 11.3 Å². The Morgan fingerprint density at radius 1 is 1.20 bits per heavy atom. The topological polar surface area (TPSA) is 160 Å². The van der Waals surface area contributed by atoms with E-state index in [1.807, 2.05) is 0 Å². The van der Waals surface area contributed by atoms with Crippen LogP contribution in [0.15, 0.2) is 24.3 Å². The average Bonchev–Trinajstić information content (AvgIpc) is 2.96. The summed E-state index contributed by atoms with van der Waals surface area (Å²) in [6, 6.07) is 6.17. The summed E-state index contributed by atoms with van der Waals surface area (Å²) >= 11 is 0.928. The standard InChI is InChI=1S/C15H17N5O4S/c16-9-5-3-8(4-6-9)12-11(13(17)23)14(25-20-12)19-15(24)18-7-1-2-10(21)22/h3-6H,1-2,7,16H2,(H2,17,23)(H,21,22)(H2,18,19,24). The molecule has 25 heavy (non-hydrogen) atoms. The number of nitrogens with one attached hydrogen (secondary N) is 2. The first-order valence-electron chi connectivity index (χ1n) is 7.30. The number of nitrogens with two attached hydrogens (primary N) is 2. The van der Waals surface area contributed by atoms with Crippen LogP contribution < -0.4 is 22.1 Å². The third-order valence-corrected chi connectivity index (χ3v) is 3.97. The van der Waals surface area contributed by atoms with Crippen molar-refractivity contribution in [3.05, 3.63) is 29.8 Å². The highest BCUT2D eigenvalue weighted by Crippen LogP contribution is 2.32. The molecule has 9 nitrogen and oxygen atoms in total. The smallest absolute Gasteiger partial charge is 0.319 e. The molecule has 132 valence electrons. The molecule has 0 aliphatic carbocycles. The first-order chi connectivity index (χ1) is 11.9. The first-order valence-corrected chi connectivity index (χ1v) is 8.08. The zero-order chi connectivity index (χ0) is 18.4. The summed E-state index contributed by atoms with van der Waals surface area (Å²) in [5, 5.41) is 13.8. The van der Waals surface area contributed by atoms with Crippen LogP contribution in [0.4, 0.5) is 15.5 Å². The van der Waals surface area contributed by atoms with E-state index in [4.69, 9.17) is 16.6 Å². The van der Waals surface area contributed by atoms with Gasteiger partial charge in [0, 0.05) is 24.2 Å². The highest BCUT2D eigenvalue weighted by molar-refractivity contribution is 7.11. The Kier molecular flexibility index (Phi) is 5.90. The van der Waals surface area contributed by atoms with Crippen molar-refractivity contribution in [2.75, 3.05) is 17.6 Å². The van der Waals surface area contributed by atoms with E-state index < -0.39 is 17.9 Å². The van der Waals surface area contributed by atoms with Crippen LogP contribution in [0.2, 0.25) is 0 Å². The van der Waals surface area contributed by atoms with Gasteiger partial charge in [0.25, 0.3) is 5.91 Å². The molecule has 0 bridgehead atoms. The third-order valence-electron chi connectivity index (χ3n) is 3.20. The first kappa shape index (κ1) is 18.2. The molecule has 0 saturated heterocycles. The maximum atomic E-state index is 11.9. The van der Waals surface area contributed by atoms with Crippen molar-refractivity contribution in [1.82, 2.24) is 9.69 Å². The number of carbonyl (C=O) groups excluding carboxylic acids is 2. The Morgan fingerprint density at radius 2 is 1.88 bits per heavy atom. The quantitative estimate of drug-likeness (QED) is 0.370. The molecule has 0 saturated carbocycles. The Hall–Kier alpha value is -3.14. The molecule has 0 aliphatic heterocycles. The highest BCUT2D eigenvalue weighted by atomic mass is 32.1. The van der Waals surface area contributed by atoms with Gasteiger partial charge in [0.05, 0.1) is 5.69 Å². The Balaban J connectivity index is 2.11. The van der Waals surface area contributed by atoms with Crippen LogP contribution in [0.3, 0.4) is 0 Å². The van der Waals surface area contributed by atoms with Gasteiger partial charge in [-0.15, -0.1) is 0 Å². The van der Waals surface area contributed by atoms with Crippen molar-refractivity contribution in [1.29, 1.82) is 0 Å². The van der Waals surface area contributed by atoms with E-state index in [2.05, 4.69) is 15.0 Å². The van der Waals surface area contributed by atoms with Crippen LogP contribution in [-0.2, 0) is 4.79 Å². The fraction of sp³-hybridized carbons (Fsp3) is 0.200. The molecule has 1 aromatic heterocycles. The summed E-state index contributed by atoms with van der Waals surface area (Å²) in [6.45, 7) is 0.188. The van der Waals surface area contributed by atoms with E-state index in [0.29, 0.717) is 23.4 Å². The lowest BCUT2D eigenvalue weighted by Crippen LogP contribution is -2.30. The molecule has 10 heteroatoms. The van der Waals surface area contributed by atoms with Gasteiger partial charge in [-0.25, -0.2) is 4.79 Å². The molecule has 2 rings (SSSR count). The van der Waals surface area contributed by atoms with Crippen LogP contribution in [0.25, 0.3) is 11.3 Å². The van der Waals surface area contributed by atoms with Gasteiger partial charge in [-0.3, -0.25) is 14.9 Å². The number of carbonyl (C=O) groups is 3. The summed E-state index contributed by atoms with van der Waals surface area (Å²) in [4.78, 5) is 34.1. The van der Waals surface area contributed by atoms with E-state index in [9.17, 15) is 14.4 Å². The van der Waals surface area contributed by atoms with Gasteiger partial charge in [-0.1, -0.05) is 12.1 Å². The maximum Gasteiger partial charge on any atom is 0.319 e. The molecule has 3 amide bonds. The molecule has 2 aromatic rings.